The Morgan fingerprint density at radius 1 is 1.15 bits per heavy atom. The van der Waals surface area contributed by atoms with E-state index in [1.165, 1.54) is 17.1 Å². The summed E-state index contributed by atoms with van der Waals surface area (Å²) >= 11 is 0. The highest BCUT2D eigenvalue weighted by molar-refractivity contribution is 5.87. The molecule has 0 saturated heterocycles. The van der Waals surface area contributed by atoms with E-state index in [2.05, 4.69) is 34.0 Å². The third-order valence-electron chi connectivity index (χ3n) is 5.48. The van der Waals surface area contributed by atoms with E-state index >= 15 is 0 Å². The van der Waals surface area contributed by atoms with Crippen LogP contribution in [0, 0.1) is 11.8 Å². The quantitative estimate of drug-likeness (QED) is 0.724. The first-order valence-corrected chi connectivity index (χ1v) is 9.16. The Balaban J connectivity index is 1.65. The van der Waals surface area contributed by atoms with Crippen LogP contribution >= 0.6 is 0 Å². The molecule has 3 aromatic heterocycles. The second-order valence-electron chi connectivity index (χ2n) is 7.46. The first-order valence-electron chi connectivity index (χ1n) is 9.16. The molecule has 142 valence electrons. The Labute approximate surface area is 155 Å². The molecule has 3 aromatic rings. The minimum absolute atomic E-state index is 0.0239. The molecule has 1 fully saturated rings. The van der Waals surface area contributed by atoms with Gasteiger partial charge in [-0.2, -0.15) is 15.2 Å². The lowest BCUT2D eigenvalue weighted by Gasteiger charge is -2.31. The van der Waals surface area contributed by atoms with Crippen LogP contribution in [-0.2, 0) is 0 Å². The van der Waals surface area contributed by atoms with Crippen LogP contribution in [0.5, 0.6) is 5.88 Å². The topological polar surface area (TPSA) is 119 Å². The van der Waals surface area contributed by atoms with Gasteiger partial charge < -0.3 is 10.2 Å². The third-order valence-corrected chi connectivity index (χ3v) is 5.48. The first kappa shape index (κ1) is 17.4. The zero-order valence-electron chi connectivity index (χ0n) is 15.3. The third kappa shape index (κ3) is 3.13. The number of hydrogen-bond donors (Lipinski definition) is 2. The maximum atomic E-state index is 11.0. The number of fused-ring (bicyclic) bond motifs is 1. The highest BCUT2D eigenvalue weighted by Gasteiger charge is 2.27. The molecule has 1 aliphatic rings. The summed E-state index contributed by atoms with van der Waals surface area (Å²) in [5.74, 6) is 0.268. The molecule has 0 aliphatic heterocycles. The van der Waals surface area contributed by atoms with Crippen molar-refractivity contribution >= 4 is 17.0 Å². The number of hydrogen-bond acceptors (Lipinski definition) is 6. The van der Waals surface area contributed by atoms with Crippen LogP contribution in [0.1, 0.15) is 55.9 Å². The van der Waals surface area contributed by atoms with Crippen LogP contribution in [-0.4, -0.2) is 45.7 Å². The highest BCUT2D eigenvalue weighted by Crippen LogP contribution is 2.37. The summed E-state index contributed by atoms with van der Waals surface area (Å²) in [4.78, 5) is 19.5. The molecule has 0 unspecified atom stereocenters. The maximum absolute atomic E-state index is 11.0. The molecule has 9 nitrogen and oxygen atoms in total. The average Bonchev–Trinajstić information content (AvgIpc) is 3.29. The molecule has 3 heterocycles. The summed E-state index contributed by atoms with van der Waals surface area (Å²) in [6.45, 7) is 4.53. The van der Waals surface area contributed by atoms with Crippen molar-refractivity contribution in [1.29, 1.82) is 0 Å². The molecular formula is C18H22N6O3. The minimum Gasteiger partial charge on any atom is -0.492 e. The lowest BCUT2D eigenvalue weighted by atomic mass is 9.80. The van der Waals surface area contributed by atoms with Crippen LogP contribution in [0.15, 0.2) is 18.6 Å². The molecular weight excluding hydrogens is 348 g/mol. The first-order chi connectivity index (χ1) is 12.9. The lowest BCUT2D eigenvalue weighted by molar-refractivity contribution is 0.0697. The molecule has 0 aromatic carbocycles. The minimum atomic E-state index is -1.09. The molecule has 9 heteroatoms. The molecule has 4 rings (SSSR count). The number of carboxylic acids is 1. The number of carboxylic acid groups (broad SMARTS) is 1. The molecule has 0 bridgehead atoms. The number of aromatic nitrogens is 6. The molecule has 0 amide bonds. The van der Waals surface area contributed by atoms with E-state index in [1.54, 1.807) is 6.20 Å². The SMILES string of the molecule is CC(C)[C@H]1CC[C@@H](n2ncc3nc(-n4cc(C(=O)O)cn4)nc(O)c32)CC1. The summed E-state index contributed by atoms with van der Waals surface area (Å²) in [5.41, 5.74) is 1.05. The average molecular weight is 370 g/mol. The van der Waals surface area contributed by atoms with Gasteiger partial charge in [-0.05, 0) is 37.5 Å². The summed E-state index contributed by atoms with van der Waals surface area (Å²) in [7, 11) is 0. The van der Waals surface area contributed by atoms with Gasteiger partial charge in [-0.1, -0.05) is 13.8 Å². The fourth-order valence-electron chi connectivity index (χ4n) is 3.87. The van der Waals surface area contributed by atoms with Crippen molar-refractivity contribution in [2.45, 2.75) is 45.6 Å². The highest BCUT2D eigenvalue weighted by atomic mass is 16.4. The van der Waals surface area contributed by atoms with Crippen molar-refractivity contribution < 1.29 is 15.0 Å². The summed E-state index contributed by atoms with van der Waals surface area (Å²) < 4.78 is 3.06. The van der Waals surface area contributed by atoms with Gasteiger partial charge >= 0.3 is 5.97 Å². The second-order valence-corrected chi connectivity index (χ2v) is 7.46. The van der Waals surface area contributed by atoms with Crippen LogP contribution in [0.4, 0.5) is 0 Å². The van der Waals surface area contributed by atoms with Gasteiger partial charge in [0.25, 0.3) is 5.95 Å². The van der Waals surface area contributed by atoms with Gasteiger partial charge in [0.15, 0.2) is 0 Å². The Hall–Kier alpha value is -2.97. The van der Waals surface area contributed by atoms with Crippen molar-refractivity contribution in [3.63, 3.8) is 0 Å². The normalized spacial score (nSPS) is 20.4. The van der Waals surface area contributed by atoms with Crippen LogP contribution in [0.2, 0.25) is 0 Å². The van der Waals surface area contributed by atoms with Crippen molar-refractivity contribution in [2.75, 3.05) is 0 Å². The van der Waals surface area contributed by atoms with Gasteiger partial charge in [-0.25, -0.2) is 14.5 Å². The number of aromatic hydroxyl groups is 1. The van der Waals surface area contributed by atoms with E-state index in [1.807, 2.05) is 4.68 Å². The fourth-order valence-corrected chi connectivity index (χ4v) is 3.87. The predicted molar refractivity (Wildman–Crippen MR) is 96.9 cm³/mol. The number of carbonyl (C=O) groups is 1. The van der Waals surface area contributed by atoms with E-state index in [-0.39, 0.29) is 23.4 Å². The smallest absolute Gasteiger partial charge is 0.338 e. The van der Waals surface area contributed by atoms with Crippen molar-refractivity contribution in [3.05, 3.63) is 24.2 Å². The Kier molecular flexibility index (Phi) is 4.29. The van der Waals surface area contributed by atoms with Gasteiger partial charge in [0.2, 0.25) is 5.88 Å². The van der Waals surface area contributed by atoms with Gasteiger partial charge in [-0.15, -0.1) is 0 Å². The molecule has 0 radical (unpaired) electrons. The van der Waals surface area contributed by atoms with Crippen LogP contribution < -0.4 is 0 Å². The standard InChI is InChI=1S/C18H22N6O3/c1-10(2)11-3-5-13(6-4-11)24-15-14(8-20-24)21-18(22-16(15)25)23-9-12(7-19-23)17(26)27/h7-11,13H,3-6H2,1-2H3,(H,26,27)(H,21,22,25)/t11-,13+. The van der Waals surface area contributed by atoms with Gasteiger partial charge in [-0.3, -0.25) is 4.68 Å². The Bertz CT molecular complexity index is 984. The summed E-state index contributed by atoms with van der Waals surface area (Å²) in [6.07, 6.45) is 8.45. The largest absolute Gasteiger partial charge is 0.492 e. The van der Waals surface area contributed by atoms with E-state index in [9.17, 15) is 9.90 Å². The molecule has 27 heavy (non-hydrogen) atoms. The molecule has 0 atom stereocenters. The number of nitrogens with zero attached hydrogens (tertiary/aromatic N) is 6. The number of rotatable bonds is 4. The lowest BCUT2D eigenvalue weighted by Crippen LogP contribution is -2.21. The zero-order valence-corrected chi connectivity index (χ0v) is 15.3. The zero-order chi connectivity index (χ0) is 19.1. The monoisotopic (exact) mass is 370 g/mol. The van der Waals surface area contributed by atoms with Gasteiger partial charge in [0.1, 0.15) is 11.0 Å². The van der Waals surface area contributed by atoms with Crippen molar-refractivity contribution in [1.82, 2.24) is 29.5 Å². The van der Waals surface area contributed by atoms with Crippen molar-refractivity contribution in [3.8, 4) is 11.8 Å². The van der Waals surface area contributed by atoms with E-state index in [0.717, 1.165) is 31.6 Å². The van der Waals surface area contributed by atoms with Gasteiger partial charge in [0, 0.05) is 6.20 Å². The van der Waals surface area contributed by atoms with E-state index < -0.39 is 5.97 Å². The van der Waals surface area contributed by atoms with Crippen molar-refractivity contribution in [2.24, 2.45) is 11.8 Å². The van der Waals surface area contributed by atoms with E-state index in [4.69, 9.17) is 5.11 Å². The number of aromatic carboxylic acids is 1. The molecule has 0 spiro atoms. The summed E-state index contributed by atoms with van der Waals surface area (Å²) in [5, 5.41) is 27.9. The summed E-state index contributed by atoms with van der Waals surface area (Å²) in [6, 6.07) is 0.223. The van der Waals surface area contributed by atoms with E-state index in [0.29, 0.717) is 17.0 Å². The fraction of sp³-hybridized carbons (Fsp3) is 0.500. The Morgan fingerprint density at radius 3 is 2.52 bits per heavy atom. The van der Waals surface area contributed by atoms with Crippen LogP contribution in [0.25, 0.3) is 17.0 Å². The second kappa shape index (κ2) is 6.64. The maximum Gasteiger partial charge on any atom is 0.338 e. The van der Waals surface area contributed by atoms with Gasteiger partial charge in [0.05, 0.1) is 24.0 Å². The molecule has 1 saturated carbocycles. The predicted octanol–water partition coefficient (Wildman–Crippen LogP) is 2.80. The van der Waals surface area contributed by atoms with Crippen LogP contribution in [0.3, 0.4) is 0 Å². The molecule has 2 N–H and O–H groups in total. The molecule has 1 aliphatic carbocycles. The Morgan fingerprint density at radius 2 is 1.89 bits per heavy atom.